The molecule has 2 rings (SSSR count). The molecule has 3 N–H and O–H groups in total. The molecule has 0 saturated carbocycles. The van der Waals surface area contributed by atoms with Crippen molar-refractivity contribution in [3.63, 3.8) is 0 Å². The number of benzene rings is 1. The Hall–Kier alpha value is -1.49. The molecule has 5 heteroatoms. The molecule has 4 nitrogen and oxygen atoms in total. The zero-order valence-electron chi connectivity index (χ0n) is 10.5. The first-order chi connectivity index (χ1) is 8.70. The lowest BCUT2D eigenvalue weighted by Gasteiger charge is -2.14. The van der Waals surface area contributed by atoms with E-state index in [4.69, 9.17) is 15.2 Å². The Bertz CT molecular complexity index is 406. The fraction of sp³-hybridized carbons (Fsp3) is 0.538. The molecule has 1 aromatic carbocycles. The summed E-state index contributed by atoms with van der Waals surface area (Å²) in [5.74, 6) is 0.297. The summed E-state index contributed by atoms with van der Waals surface area (Å²) in [6.07, 6.45) is 1.05. The lowest BCUT2D eigenvalue weighted by molar-refractivity contribution is 0.187. The van der Waals surface area contributed by atoms with E-state index in [1.165, 1.54) is 6.07 Å². The standard InChI is InChI=1S/C13H19FN2O2/c1-2-18-13-6-12(11(15)5-10(13)14)16-7-9-3-4-17-8-9/h5-6,9,16H,2-4,7-8,15H2,1H3. The highest BCUT2D eigenvalue weighted by Gasteiger charge is 2.16. The molecule has 0 aliphatic carbocycles. The summed E-state index contributed by atoms with van der Waals surface area (Å²) in [5.41, 5.74) is 6.89. The smallest absolute Gasteiger partial charge is 0.167 e. The van der Waals surface area contributed by atoms with E-state index in [-0.39, 0.29) is 5.75 Å². The zero-order valence-corrected chi connectivity index (χ0v) is 10.5. The maximum Gasteiger partial charge on any atom is 0.167 e. The number of nitrogens with two attached hydrogens (primary N) is 1. The molecule has 1 aromatic rings. The summed E-state index contributed by atoms with van der Waals surface area (Å²) < 4.78 is 24.0. The first-order valence-corrected chi connectivity index (χ1v) is 6.24. The van der Waals surface area contributed by atoms with Gasteiger partial charge in [0.15, 0.2) is 11.6 Å². The number of nitrogen functional groups attached to an aromatic ring is 1. The maximum absolute atomic E-state index is 13.5. The molecule has 100 valence electrons. The molecule has 0 aromatic heterocycles. The average Bonchev–Trinajstić information content (AvgIpc) is 2.84. The highest BCUT2D eigenvalue weighted by molar-refractivity contribution is 5.68. The van der Waals surface area contributed by atoms with Crippen LogP contribution in [-0.2, 0) is 4.74 Å². The molecule has 1 saturated heterocycles. The van der Waals surface area contributed by atoms with Crippen LogP contribution in [0.2, 0.25) is 0 Å². The number of anilines is 2. The van der Waals surface area contributed by atoms with Crippen molar-refractivity contribution in [3.05, 3.63) is 17.9 Å². The van der Waals surface area contributed by atoms with E-state index < -0.39 is 5.82 Å². The van der Waals surface area contributed by atoms with Crippen molar-refractivity contribution >= 4 is 11.4 Å². The van der Waals surface area contributed by atoms with Gasteiger partial charge in [-0.2, -0.15) is 0 Å². The zero-order chi connectivity index (χ0) is 13.0. The third kappa shape index (κ3) is 3.04. The van der Waals surface area contributed by atoms with Gasteiger partial charge in [0.1, 0.15) is 0 Å². The van der Waals surface area contributed by atoms with Crippen molar-refractivity contribution in [1.82, 2.24) is 0 Å². The SMILES string of the molecule is CCOc1cc(NCC2CCOC2)c(N)cc1F. The number of nitrogens with one attached hydrogen (secondary N) is 1. The second-order valence-corrected chi connectivity index (χ2v) is 4.41. The number of hydrogen-bond donors (Lipinski definition) is 2. The van der Waals surface area contributed by atoms with Gasteiger partial charge >= 0.3 is 0 Å². The highest BCUT2D eigenvalue weighted by Crippen LogP contribution is 2.28. The Balaban J connectivity index is 2.03. The average molecular weight is 254 g/mol. The third-order valence-electron chi connectivity index (χ3n) is 3.01. The lowest BCUT2D eigenvalue weighted by Crippen LogP contribution is -2.15. The van der Waals surface area contributed by atoms with Crippen molar-refractivity contribution in [1.29, 1.82) is 0 Å². The topological polar surface area (TPSA) is 56.5 Å². The molecular weight excluding hydrogens is 235 g/mol. The predicted molar refractivity (Wildman–Crippen MR) is 69.4 cm³/mol. The van der Waals surface area contributed by atoms with Crippen LogP contribution < -0.4 is 15.8 Å². The Morgan fingerprint density at radius 2 is 2.39 bits per heavy atom. The molecule has 1 heterocycles. The van der Waals surface area contributed by atoms with Crippen LogP contribution in [0.4, 0.5) is 15.8 Å². The molecule has 1 fully saturated rings. The Morgan fingerprint density at radius 3 is 3.06 bits per heavy atom. The second-order valence-electron chi connectivity index (χ2n) is 4.41. The van der Waals surface area contributed by atoms with Crippen LogP contribution in [0.1, 0.15) is 13.3 Å². The van der Waals surface area contributed by atoms with Gasteiger partial charge in [0.2, 0.25) is 0 Å². The van der Waals surface area contributed by atoms with Gasteiger partial charge < -0.3 is 20.5 Å². The third-order valence-corrected chi connectivity index (χ3v) is 3.01. The Labute approximate surface area is 106 Å². The van der Waals surface area contributed by atoms with Gasteiger partial charge in [0.05, 0.1) is 24.6 Å². The molecule has 1 atom stereocenters. The summed E-state index contributed by atoms with van der Waals surface area (Å²) in [6.45, 7) is 4.61. The first-order valence-electron chi connectivity index (χ1n) is 6.24. The molecule has 0 radical (unpaired) electrons. The largest absolute Gasteiger partial charge is 0.491 e. The number of rotatable bonds is 5. The summed E-state index contributed by atoms with van der Waals surface area (Å²) in [6, 6.07) is 2.91. The van der Waals surface area contributed by atoms with E-state index in [9.17, 15) is 4.39 Å². The van der Waals surface area contributed by atoms with Crippen molar-refractivity contribution < 1.29 is 13.9 Å². The van der Waals surface area contributed by atoms with Gasteiger partial charge in [0, 0.05) is 31.2 Å². The normalized spacial score (nSPS) is 18.9. The molecule has 0 spiro atoms. The van der Waals surface area contributed by atoms with E-state index in [1.807, 2.05) is 6.92 Å². The predicted octanol–water partition coefficient (Wildman–Crippen LogP) is 2.25. The monoisotopic (exact) mass is 254 g/mol. The van der Waals surface area contributed by atoms with Crippen molar-refractivity contribution in [2.75, 3.05) is 37.4 Å². The van der Waals surface area contributed by atoms with E-state index >= 15 is 0 Å². The summed E-state index contributed by atoms with van der Waals surface area (Å²) in [5, 5.41) is 3.23. The molecular formula is C13H19FN2O2. The van der Waals surface area contributed by atoms with Crippen LogP contribution in [-0.4, -0.2) is 26.4 Å². The fourth-order valence-corrected chi connectivity index (χ4v) is 1.99. The number of ether oxygens (including phenoxy) is 2. The van der Waals surface area contributed by atoms with Crippen molar-refractivity contribution in [2.45, 2.75) is 13.3 Å². The molecule has 0 amide bonds. The second kappa shape index (κ2) is 5.91. The lowest BCUT2D eigenvalue weighted by atomic mass is 10.1. The highest BCUT2D eigenvalue weighted by atomic mass is 19.1. The summed E-state index contributed by atoms with van der Waals surface area (Å²) in [4.78, 5) is 0. The van der Waals surface area contributed by atoms with Gasteiger partial charge in [-0.15, -0.1) is 0 Å². The van der Waals surface area contributed by atoms with Crippen LogP contribution in [0.3, 0.4) is 0 Å². The van der Waals surface area contributed by atoms with Crippen molar-refractivity contribution in [2.24, 2.45) is 5.92 Å². The minimum atomic E-state index is -0.427. The van der Waals surface area contributed by atoms with Crippen LogP contribution in [0.25, 0.3) is 0 Å². The van der Waals surface area contributed by atoms with Crippen molar-refractivity contribution in [3.8, 4) is 5.75 Å². The minimum Gasteiger partial charge on any atom is -0.491 e. The van der Waals surface area contributed by atoms with Crippen LogP contribution in [0.15, 0.2) is 12.1 Å². The summed E-state index contributed by atoms with van der Waals surface area (Å²) >= 11 is 0. The fourth-order valence-electron chi connectivity index (χ4n) is 1.99. The number of halogens is 1. The molecule has 1 aliphatic heterocycles. The van der Waals surface area contributed by atoms with E-state index in [0.717, 1.165) is 26.2 Å². The van der Waals surface area contributed by atoms with Gasteiger partial charge in [0.25, 0.3) is 0 Å². The van der Waals surface area contributed by atoms with Gasteiger partial charge in [-0.05, 0) is 13.3 Å². The molecule has 18 heavy (non-hydrogen) atoms. The first kappa shape index (κ1) is 13.0. The summed E-state index contributed by atoms with van der Waals surface area (Å²) in [7, 11) is 0. The molecule has 1 aliphatic rings. The quantitative estimate of drug-likeness (QED) is 0.791. The molecule has 1 unspecified atom stereocenters. The van der Waals surface area contributed by atoms with Crippen LogP contribution in [0.5, 0.6) is 5.75 Å². The van der Waals surface area contributed by atoms with Gasteiger partial charge in [-0.3, -0.25) is 0 Å². The van der Waals surface area contributed by atoms with E-state index in [1.54, 1.807) is 6.07 Å². The van der Waals surface area contributed by atoms with Crippen LogP contribution >= 0.6 is 0 Å². The van der Waals surface area contributed by atoms with E-state index in [2.05, 4.69) is 5.32 Å². The van der Waals surface area contributed by atoms with Gasteiger partial charge in [-0.25, -0.2) is 4.39 Å². The van der Waals surface area contributed by atoms with Gasteiger partial charge in [-0.1, -0.05) is 0 Å². The Morgan fingerprint density at radius 1 is 1.56 bits per heavy atom. The maximum atomic E-state index is 13.5. The number of hydrogen-bond acceptors (Lipinski definition) is 4. The molecule has 0 bridgehead atoms. The van der Waals surface area contributed by atoms with Crippen LogP contribution in [0, 0.1) is 11.7 Å². The minimum absolute atomic E-state index is 0.233. The van der Waals surface area contributed by atoms with E-state index in [0.29, 0.717) is 23.9 Å². The Kier molecular flexibility index (Phi) is 4.25.